The summed E-state index contributed by atoms with van der Waals surface area (Å²) in [6.45, 7) is 4.09. The number of carboxylic acid groups (broad SMARTS) is 1. The van der Waals surface area contributed by atoms with E-state index in [9.17, 15) is 22.4 Å². The number of rotatable bonds is 6. The van der Waals surface area contributed by atoms with Gasteiger partial charge in [-0.15, -0.1) is 0 Å². The number of alkyl halides is 3. The van der Waals surface area contributed by atoms with Gasteiger partial charge in [0.2, 0.25) is 5.91 Å². The van der Waals surface area contributed by atoms with Gasteiger partial charge in [-0.1, -0.05) is 12.1 Å². The largest absolute Gasteiger partial charge is 0.490 e. The number of nitrogens with zero attached hydrogens (tertiary/aromatic N) is 2. The fourth-order valence-corrected chi connectivity index (χ4v) is 4.12. The highest BCUT2D eigenvalue weighted by molar-refractivity contribution is 5.79. The molecule has 3 atom stereocenters. The number of ether oxygens (including phenoxy) is 2. The molecule has 32 heavy (non-hydrogen) atoms. The Morgan fingerprint density at radius 1 is 1.16 bits per heavy atom. The van der Waals surface area contributed by atoms with Crippen molar-refractivity contribution in [3.05, 3.63) is 35.6 Å². The Morgan fingerprint density at radius 2 is 1.78 bits per heavy atom. The van der Waals surface area contributed by atoms with Crippen molar-refractivity contribution in [3.63, 3.8) is 0 Å². The molecular weight excluding hydrogens is 436 g/mol. The second-order valence-electron chi connectivity index (χ2n) is 7.74. The highest BCUT2D eigenvalue weighted by Crippen LogP contribution is 2.32. The molecule has 0 radical (unpaired) electrons. The maximum atomic E-state index is 13.1. The molecule has 1 amide bonds. The van der Waals surface area contributed by atoms with Gasteiger partial charge in [-0.25, -0.2) is 9.18 Å². The first-order valence-corrected chi connectivity index (χ1v) is 10.1. The molecule has 11 heteroatoms. The van der Waals surface area contributed by atoms with Crippen molar-refractivity contribution in [2.24, 2.45) is 5.92 Å². The molecule has 0 bridgehead atoms. The van der Waals surface area contributed by atoms with E-state index in [1.54, 1.807) is 26.4 Å². The monoisotopic (exact) mass is 464 g/mol. The van der Waals surface area contributed by atoms with Gasteiger partial charge >= 0.3 is 12.1 Å². The van der Waals surface area contributed by atoms with E-state index in [0.29, 0.717) is 18.9 Å². The molecule has 1 N–H and O–H groups in total. The van der Waals surface area contributed by atoms with E-state index < -0.39 is 12.1 Å². The number of carbonyl (C=O) groups excluding carboxylic acids is 1. The van der Waals surface area contributed by atoms with E-state index in [-0.39, 0.29) is 23.9 Å². The zero-order valence-corrected chi connectivity index (χ0v) is 18.0. The first kappa shape index (κ1) is 26.0. The van der Waals surface area contributed by atoms with Crippen molar-refractivity contribution in [2.45, 2.75) is 31.2 Å². The summed E-state index contributed by atoms with van der Waals surface area (Å²) in [6, 6.07) is 6.37. The number of likely N-dealkylation sites (tertiary alicyclic amines) is 2. The normalized spacial score (nSPS) is 23.3. The molecule has 2 heterocycles. The highest BCUT2D eigenvalue weighted by atomic mass is 19.4. The van der Waals surface area contributed by atoms with Crippen LogP contribution >= 0.6 is 0 Å². The second kappa shape index (κ2) is 11.6. The predicted molar refractivity (Wildman–Crippen MR) is 107 cm³/mol. The zero-order chi connectivity index (χ0) is 23.9. The molecule has 2 aliphatic rings. The number of hydrogen-bond donors (Lipinski definition) is 1. The number of fused-ring (bicyclic) bond motifs is 1. The van der Waals surface area contributed by atoms with Crippen LogP contribution in [0.15, 0.2) is 24.3 Å². The smallest absolute Gasteiger partial charge is 0.475 e. The Morgan fingerprint density at radius 3 is 2.31 bits per heavy atom. The summed E-state index contributed by atoms with van der Waals surface area (Å²) in [4.78, 5) is 26.1. The molecule has 2 saturated heterocycles. The van der Waals surface area contributed by atoms with Crippen LogP contribution in [0, 0.1) is 11.7 Å². The van der Waals surface area contributed by atoms with Crippen molar-refractivity contribution in [2.75, 3.05) is 47.0 Å². The van der Waals surface area contributed by atoms with Crippen molar-refractivity contribution in [1.82, 2.24) is 9.80 Å². The third-order valence-electron chi connectivity index (χ3n) is 5.69. The minimum absolute atomic E-state index is 0.116. The average Bonchev–Trinajstić information content (AvgIpc) is 3.17. The van der Waals surface area contributed by atoms with Crippen molar-refractivity contribution in [1.29, 1.82) is 0 Å². The number of aliphatic carboxylic acids is 1. The lowest BCUT2D eigenvalue weighted by atomic mass is 9.88. The quantitative estimate of drug-likeness (QED) is 0.651. The Balaban J connectivity index is 0.000000451. The van der Waals surface area contributed by atoms with E-state index in [2.05, 4.69) is 4.90 Å². The highest BCUT2D eigenvalue weighted by Gasteiger charge is 2.45. The fraction of sp³-hybridized carbons (Fsp3) is 0.619. The fourth-order valence-electron chi connectivity index (χ4n) is 4.12. The number of carbonyl (C=O) groups is 2. The summed E-state index contributed by atoms with van der Waals surface area (Å²) in [7, 11) is 3.47. The van der Waals surface area contributed by atoms with Crippen molar-refractivity contribution < 1.29 is 41.7 Å². The lowest BCUT2D eigenvalue weighted by molar-refractivity contribution is -0.192. The number of carboxylic acids is 1. The molecule has 1 aromatic carbocycles. The molecule has 1 aromatic rings. The van der Waals surface area contributed by atoms with Crippen molar-refractivity contribution in [3.8, 4) is 0 Å². The second-order valence-corrected chi connectivity index (χ2v) is 7.74. The van der Waals surface area contributed by atoms with Gasteiger partial charge in [0.15, 0.2) is 0 Å². The molecule has 2 fully saturated rings. The van der Waals surface area contributed by atoms with Crippen LogP contribution in [-0.4, -0.2) is 92.1 Å². The Bertz CT molecular complexity index is 760. The Labute approximate surface area is 183 Å². The molecule has 2 aliphatic heterocycles. The number of piperidine rings is 1. The topological polar surface area (TPSA) is 79.3 Å². The summed E-state index contributed by atoms with van der Waals surface area (Å²) in [5.41, 5.74) is 0.853. The van der Waals surface area contributed by atoms with Gasteiger partial charge in [-0.2, -0.15) is 13.2 Å². The van der Waals surface area contributed by atoms with Crippen LogP contribution in [0.3, 0.4) is 0 Å². The third kappa shape index (κ3) is 7.14. The lowest BCUT2D eigenvalue weighted by Crippen LogP contribution is -2.54. The average molecular weight is 464 g/mol. The first-order valence-electron chi connectivity index (χ1n) is 10.1. The van der Waals surface area contributed by atoms with Crippen LogP contribution in [0.2, 0.25) is 0 Å². The van der Waals surface area contributed by atoms with Crippen LogP contribution in [-0.2, 0) is 25.5 Å². The summed E-state index contributed by atoms with van der Waals surface area (Å²) in [5, 5.41) is 7.12. The molecule has 0 aromatic heterocycles. The number of amides is 1. The SMILES string of the molecule is COCCN1C[C@@H]2[C@@H](OC)CCN(C(=O)Cc3ccc(F)cc3)[C@@H]2C1.O=C(O)C(F)(F)F. The maximum Gasteiger partial charge on any atom is 0.490 e. The van der Waals surface area contributed by atoms with Crippen LogP contribution in [0.25, 0.3) is 0 Å². The molecule has 0 unspecified atom stereocenters. The number of methoxy groups -OCH3 is 2. The summed E-state index contributed by atoms with van der Waals surface area (Å²) < 4.78 is 55.7. The van der Waals surface area contributed by atoms with Gasteiger partial charge in [-0.05, 0) is 24.1 Å². The number of hydrogen-bond acceptors (Lipinski definition) is 5. The van der Waals surface area contributed by atoms with Gasteiger partial charge in [-0.3, -0.25) is 9.69 Å². The standard InChI is InChI=1S/C19H27FN2O3.C2HF3O2/c1-24-10-9-21-12-16-17(13-21)22(8-7-18(16)25-2)19(23)11-14-3-5-15(20)6-4-14;3-2(4,5)1(6)7/h3-6,16-18H,7-13H2,1-2H3;(H,6,7)/t16-,17+,18-;/m0./s1. The van der Waals surface area contributed by atoms with Gasteiger partial charge < -0.3 is 19.5 Å². The number of halogens is 4. The Kier molecular flexibility index (Phi) is 9.41. The van der Waals surface area contributed by atoms with Gasteiger partial charge in [0, 0.05) is 46.3 Å². The van der Waals surface area contributed by atoms with E-state index in [1.807, 2.05) is 4.90 Å². The molecule has 7 nitrogen and oxygen atoms in total. The van der Waals surface area contributed by atoms with Gasteiger partial charge in [0.1, 0.15) is 5.82 Å². The zero-order valence-electron chi connectivity index (χ0n) is 18.0. The minimum Gasteiger partial charge on any atom is -0.475 e. The molecular formula is C21H28F4N2O5. The summed E-state index contributed by atoms with van der Waals surface area (Å²) in [6.07, 6.45) is -3.70. The minimum atomic E-state index is -5.08. The molecule has 3 rings (SSSR count). The molecule has 0 aliphatic carbocycles. The van der Waals surface area contributed by atoms with Gasteiger partial charge in [0.25, 0.3) is 0 Å². The lowest BCUT2D eigenvalue weighted by Gasteiger charge is -2.41. The van der Waals surface area contributed by atoms with E-state index in [1.165, 1.54) is 12.1 Å². The predicted octanol–water partition coefficient (Wildman–Crippen LogP) is 2.20. The van der Waals surface area contributed by atoms with E-state index in [0.717, 1.165) is 38.2 Å². The Hall–Kier alpha value is -2.24. The van der Waals surface area contributed by atoms with Crippen LogP contribution in [0.1, 0.15) is 12.0 Å². The first-order chi connectivity index (χ1) is 15.1. The molecule has 0 saturated carbocycles. The van der Waals surface area contributed by atoms with Crippen LogP contribution in [0.4, 0.5) is 17.6 Å². The summed E-state index contributed by atoms with van der Waals surface area (Å²) in [5.74, 6) is -2.58. The molecule has 0 spiro atoms. The molecule has 180 valence electrons. The number of benzene rings is 1. The van der Waals surface area contributed by atoms with Crippen LogP contribution < -0.4 is 0 Å². The van der Waals surface area contributed by atoms with Gasteiger partial charge in [0.05, 0.1) is 25.2 Å². The third-order valence-corrected chi connectivity index (χ3v) is 5.69. The van der Waals surface area contributed by atoms with E-state index >= 15 is 0 Å². The van der Waals surface area contributed by atoms with Crippen LogP contribution in [0.5, 0.6) is 0 Å². The van der Waals surface area contributed by atoms with Crippen molar-refractivity contribution >= 4 is 11.9 Å². The van der Waals surface area contributed by atoms with E-state index in [4.69, 9.17) is 19.4 Å². The summed E-state index contributed by atoms with van der Waals surface area (Å²) >= 11 is 0. The maximum absolute atomic E-state index is 13.1.